The van der Waals surface area contributed by atoms with E-state index in [1.54, 1.807) is 11.8 Å². The molecule has 3 unspecified atom stereocenters. The summed E-state index contributed by atoms with van der Waals surface area (Å²) in [6, 6.07) is 3.42. The Kier molecular flexibility index (Phi) is 4.17. The fourth-order valence-corrected chi connectivity index (χ4v) is 3.45. The molecule has 1 saturated heterocycles. The van der Waals surface area contributed by atoms with Crippen molar-refractivity contribution in [2.75, 3.05) is 13.1 Å². The molecule has 0 aromatic heterocycles. The molecule has 1 aliphatic carbocycles. The lowest BCUT2D eigenvalue weighted by atomic mass is 9.92. The van der Waals surface area contributed by atoms with Crippen LogP contribution in [0, 0.1) is 23.5 Å². The van der Waals surface area contributed by atoms with Crippen LogP contribution in [0.4, 0.5) is 8.78 Å². The minimum absolute atomic E-state index is 0.0395. The van der Waals surface area contributed by atoms with E-state index in [9.17, 15) is 18.7 Å². The molecule has 22 heavy (non-hydrogen) atoms. The minimum Gasteiger partial charge on any atom is -0.393 e. The Morgan fingerprint density at radius 2 is 2.00 bits per heavy atom. The third-order valence-electron chi connectivity index (χ3n) is 5.00. The van der Waals surface area contributed by atoms with Crippen molar-refractivity contribution in [3.8, 4) is 0 Å². The van der Waals surface area contributed by atoms with E-state index >= 15 is 0 Å². The molecule has 0 radical (unpaired) electrons. The first-order chi connectivity index (χ1) is 10.5. The van der Waals surface area contributed by atoms with Crippen LogP contribution in [0.1, 0.15) is 37.7 Å². The maximum atomic E-state index is 13.8. The molecule has 2 fully saturated rings. The Bertz CT molecular complexity index is 568. The summed E-state index contributed by atoms with van der Waals surface area (Å²) in [5, 5.41) is 9.59. The zero-order valence-corrected chi connectivity index (χ0v) is 12.6. The number of piperidine rings is 1. The maximum Gasteiger partial charge on any atom is 0.226 e. The molecule has 0 spiro atoms. The van der Waals surface area contributed by atoms with Gasteiger partial charge in [0.2, 0.25) is 5.91 Å². The molecule has 1 aliphatic heterocycles. The van der Waals surface area contributed by atoms with Crippen molar-refractivity contribution in [2.24, 2.45) is 11.8 Å². The maximum absolute atomic E-state index is 13.8. The molecule has 5 heteroatoms. The lowest BCUT2D eigenvalue weighted by molar-refractivity contribution is -0.134. The van der Waals surface area contributed by atoms with Crippen molar-refractivity contribution in [1.82, 2.24) is 4.90 Å². The van der Waals surface area contributed by atoms with Gasteiger partial charge in [-0.1, -0.05) is 0 Å². The van der Waals surface area contributed by atoms with E-state index in [4.69, 9.17) is 0 Å². The number of aliphatic hydroxyl groups is 1. The zero-order valence-electron chi connectivity index (χ0n) is 12.6. The summed E-state index contributed by atoms with van der Waals surface area (Å²) in [6.45, 7) is 3.07. The van der Waals surface area contributed by atoms with E-state index < -0.39 is 11.6 Å². The van der Waals surface area contributed by atoms with Crippen LogP contribution in [0.5, 0.6) is 0 Å². The number of carbonyl (C=O) groups is 1. The van der Waals surface area contributed by atoms with Crippen LogP contribution < -0.4 is 0 Å². The lowest BCUT2D eigenvalue weighted by Gasteiger charge is -2.33. The van der Waals surface area contributed by atoms with Gasteiger partial charge >= 0.3 is 0 Å². The molecule has 1 amide bonds. The Labute approximate surface area is 128 Å². The van der Waals surface area contributed by atoms with Gasteiger partial charge in [-0.3, -0.25) is 4.79 Å². The molecule has 1 saturated carbocycles. The Balaban J connectivity index is 1.60. The fourth-order valence-electron chi connectivity index (χ4n) is 3.45. The van der Waals surface area contributed by atoms with Gasteiger partial charge in [0.05, 0.1) is 6.10 Å². The van der Waals surface area contributed by atoms with Crippen LogP contribution in [0.15, 0.2) is 18.2 Å². The van der Waals surface area contributed by atoms with E-state index in [-0.39, 0.29) is 29.8 Å². The van der Waals surface area contributed by atoms with Crippen LogP contribution in [-0.2, 0) is 4.79 Å². The number of hydrogen-bond acceptors (Lipinski definition) is 2. The second-order valence-electron chi connectivity index (χ2n) is 6.52. The number of halogens is 2. The Morgan fingerprint density at radius 1 is 1.32 bits per heavy atom. The highest BCUT2D eigenvalue weighted by molar-refractivity contribution is 5.83. The summed E-state index contributed by atoms with van der Waals surface area (Å²) in [5.41, 5.74) is 0.317. The monoisotopic (exact) mass is 309 g/mol. The number of nitrogens with zero attached hydrogens (tertiary/aromatic N) is 1. The van der Waals surface area contributed by atoms with Gasteiger partial charge in [0.15, 0.2) is 0 Å². The molecule has 2 aliphatic rings. The van der Waals surface area contributed by atoms with E-state index in [0.717, 1.165) is 25.0 Å². The largest absolute Gasteiger partial charge is 0.393 e. The lowest BCUT2D eigenvalue weighted by Crippen LogP contribution is -2.41. The van der Waals surface area contributed by atoms with Crippen LogP contribution in [0.25, 0.3) is 0 Å². The van der Waals surface area contributed by atoms with Crippen LogP contribution in [-0.4, -0.2) is 35.1 Å². The van der Waals surface area contributed by atoms with E-state index in [1.165, 1.54) is 6.07 Å². The number of rotatable bonds is 3. The first-order valence-electron chi connectivity index (χ1n) is 7.89. The van der Waals surface area contributed by atoms with Gasteiger partial charge in [0, 0.05) is 19.0 Å². The fraction of sp³-hybridized carbons (Fsp3) is 0.588. The van der Waals surface area contributed by atoms with Crippen LogP contribution >= 0.6 is 0 Å². The topological polar surface area (TPSA) is 40.5 Å². The molecule has 120 valence electrons. The molecule has 1 heterocycles. The molecule has 1 aromatic carbocycles. The minimum atomic E-state index is -0.466. The molecule has 1 aromatic rings. The highest BCUT2D eigenvalue weighted by Gasteiger charge is 2.47. The number of hydrogen-bond donors (Lipinski definition) is 1. The van der Waals surface area contributed by atoms with Crippen LogP contribution in [0.3, 0.4) is 0 Å². The van der Waals surface area contributed by atoms with Gasteiger partial charge in [0.1, 0.15) is 11.6 Å². The van der Waals surface area contributed by atoms with Gasteiger partial charge < -0.3 is 10.0 Å². The summed E-state index contributed by atoms with van der Waals surface area (Å²) in [5.74, 6) is -1.03. The van der Waals surface area contributed by atoms with Crippen molar-refractivity contribution in [3.05, 3.63) is 35.4 Å². The number of amides is 1. The normalized spacial score (nSPS) is 26.8. The zero-order chi connectivity index (χ0) is 15.9. The summed E-state index contributed by atoms with van der Waals surface area (Å²) >= 11 is 0. The summed E-state index contributed by atoms with van der Waals surface area (Å²) in [7, 11) is 0. The van der Waals surface area contributed by atoms with Gasteiger partial charge in [-0.05, 0) is 61.8 Å². The molecule has 3 rings (SSSR count). The van der Waals surface area contributed by atoms with E-state index in [2.05, 4.69) is 0 Å². The predicted octanol–water partition coefficient (Wildman–Crippen LogP) is 2.69. The third kappa shape index (κ3) is 3.00. The smallest absolute Gasteiger partial charge is 0.226 e. The Hall–Kier alpha value is -1.49. The van der Waals surface area contributed by atoms with Crippen molar-refractivity contribution in [1.29, 1.82) is 0 Å². The van der Waals surface area contributed by atoms with E-state index in [0.29, 0.717) is 25.1 Å². The van der Waals surface area contributed by atoms with Crippen molar-refractivity contribution in [3.63, 3.8) is 0 Å². The molecule has 3 nitrogen and oxygen atoms in total. The first-order valence-corrected chi connectivity index (χ1v) is 7.89. The van der Waals surface area contributed by atoms with Gasteiger partial charge in [-0.2, -0.15) is 0 Å². The highest BCUT2D eigenvalue weighted by atomic mass is 19.1. The van der Waals surface area contributed by atoms with Gasteiger partial charge in [-0.25, -0.2) is 8.78 Å². The summed E-state index contributed by atoms with van der Waals surface area (Å²) in [6.07, 6.45) is 1.85. The quantitative estimate of drug-likeness (QED) is 0.932. The van der Waals surface area contributed by atoms with Crippen molar-refractivity contribution < 1.29 is 18.7 Å². The van der Waals surface area contributed by atoms with Crippen molar-refractivity contribution in [2.45, 2.75) is 38.2 Å². The summed E-state index contributed by atoms with van der Waals surface area (Å²) in [4.78, 5) is 14.3. The highest BCUT2D eigenvalue weighted by Crippen LogP contribution is 2.49. The van der Waals surface area contributed by atoms with Crippen LogP contribution in [0.2, 0.25) is 0 Å². The average Bonchev–Trinajstić information content (AvgIpc) is 3.29. The molecule has 1 N–H and O–H groups in total. The summed E-state index contributed by atoms with van der Waals surface area (Å²) < 4.78 is 27.0. The van der Waals surface area contributed by atoms with E-state index in [1.807, 2.05) is 0 Å². The number of carbonyl (C=O) groups excluding carboxylic acids is 1. The average molecular weight is 309 g/mol. The second-order valence-corrected chi connectivity index (χ2v) is 6.52. The number of benzene rings is 1. The molecular weight excluding hydrogens is 288 g/mol. The SMILES string of the molecule is CC(O)C1CCN(C(=O)C2CC2c2cc(F)ccc2F)CC1. The second kappa shape index (κ2) is 5.95. The molecule has 3 atom stereocenters. The van der Waals surface area contributed by atoms with Gasteiger partial charge in [0.25, 0.3) is 0 Å². The van der Waals surface area contributed by atoms with Crippen molar-refractivity contribution >= 4 is 5.91 Å². The Morgan fingerprint density at radius 3 is 2.64 bits per heavy atom. The van der Waals surface area contributed by atoms with Gasteiger partial charge in [-0.15, -0.1) is 0 Å². The molecular formula is C17H21F2NO2. The third-order valence-corrected chi connectivity index (χ3v) is 5.00. The molecule has 0 bridgehead atoms. The first kappa shape index (κ1) is 15.4. The number of likely N-dealkylation sites (tertiary alicyclic amines) is 1. The standard InChI is InChI=1S/C17H21F2NO2/c1-10(21)11-4-6-20(7-5-11)17(22)15-9-13(15)14-8-12(18)2-3-16(14)19/h2-3,8,10-11,13,15,21H,4-7,9H2,1H3. The predicted molar refractivity (Wildman–Crippen MR) is 78.2 cm³/mol. The number of aliphatic hydroxyl groups excluding tert-OH is 1.